The molecule has 0 aromatic heterocycles. The monoisotopic (exact) mass is 979 g/mol. The lowest BCUT2D eigenvalue weighted by Crippen LogP contribution is -2.41. The Balaban J connectivity index is 0.000000176. The molecule has 4 aromatic rings. The SMILES string of the molecule is CC1(C)O[B]OC1(C)C.Cc1cc2c(cc1B1OC(C)(C)C(C)(C)O1)C(C)(C)c1cc(B3OC(C)(C)C(C)(C)O3)c(C)cc1-2.Cc1cc2c(cc1Br)C(C)(C)c1cc(Br)c(C)cc1-2. The molecule has 0 amide bonds. The van der Waals surface area contributed by atoms with E-state index in [0.29, 0.717) is 0 Å². The first-order valence-corrected chi connectivity index (χ1v) is 24.0. The van der Waals surface area contributed by atoms with E-state index in [2.05, 4.69) is 191 Å². The predicted molar refractivity (Wildman–Crippen MR) is 270 cm³/mol. The molecule has 0 spiro atoms. The summed E-state index contributed by atoms with van der Waals surface area (Å²) in [5, 5.41) is 0. The van der Waals surface area contributed by atoms with Gasteiger partial charge in [0.05, 0.1) is 33.6 Å². The van der Waals surface area contributed by atoms with E-state index in [1.807, 2.05) is 27.7 Å². The van der Waals surface area contributed by atoms with Gasteiger partial charge in [-0.1, -0.05) is 94.9 Å². The quantitative estimate of drug-likeness (QED) is 0.187. The van der Waals surface area contributed by atoms with Gasteiger partial charge in [-0.25, -0.2) is 0 Å². The average molecular weight is 981 g/mol. The minimum absolute atomic E-state index is 0.0666. The van der Waals surface area contributed by atoms with Gasteiger partial charge in [-0.3, -0.25) is 0 Å². The highest BCUT2D eigenvalue weighted by molar-refractivity contribution is 9.10. The molecule has 0 atom stereocenters. The third-order valence-corrected chi connectivity index (χ3v) is 17.5. The standard InChI is InChI=1S/C29H40B2O4.C17H16Br2.C6H12BO2/c1-17-13-19-20-14-18(2)24(31-34-28(9,10)29(11,12)35-31)16-22(20)25(3,4)21(19)15-23(17)30-32-26(5,6)27(7,8)33-30;1-9-5-11-12-6-10(2)16(19)8-14(12)17(3,4)13(11)7-15(9)18;1-5(2)6(3,4)9-7-8-5/h13-16H,1-12H3;5-8H,1-4H3;1-4H3. The first kappa shape index (κ1) is 48.7. The molecule has 3 fully saturated rings. The molecule has 4 aromatic carbocycles. The molecule has 0 bridgehead atoms. The van der Waals surface area contributed by atoms with Crippen molar-refractivity contribution in [1.29, 1.82) is 0 Å². The van der Waals surface area contributed by atoms with Gasteiger partial charge in [0.2, 0.25) is 0 Å². The zero-order valence-corrected chi connectivity index (χ0v) is 44.7. The molecule has 9 rings (SSSR count). The van der Waals surface area contributed by atoms with Gasteiger partial charge in [-0.2, -0.15) is 0 Å². The lowest BCUT2D eigenvalue weighted by Gasteiger charge is -2.32. The third kappa shape index (κ3) is 8.12. The van der Waals surface area contributed by atoms with Crippen LogP contribution >= 0.6 is 31.9 Å². The van der Waals surface area contributed by atoms with Gasteiger partial charge < -0.3 is 27.9 Å². The van der Waals surface area contributed by atoms with Crippen LogP contribution in [0.15, 0.2) is 57.5 Å². The van der Waals surface area contributed by atoms with E-state index in [1.165, 1.54) is 83.4 Å². The van der Waals surface area contributed by atoms with Crippen LogP contribution in [0.25, 0.3) is 22.3 Å². The minimum atomic E-state index is -0.369. The molecule has 11 heteroatoms. The van der Waals surface area contributed by atoms with Crippen molar-refractivity contribution >= 4 is 64.7 Å². The summed E-state index contributed by atoms with van der Waals surface area (Å²) in [4.78, 5) is 0. The summed E-state index contributed by atoms with van der Waals surface area (Å²) >= 11 is 7.33. The van der Waals surface area contributed by atoms with Crippen molar-refractivity contribution in [2.45, 2.75) is 183 Å². The molecule has 3 heterocycles. The Labute approximate surface area is 397 Å². The van der Waals surface area contributed by atoms with E-state index < -0.39 is 0 Å². The average Bonchev–Trinajstić information content (AvgIpc) is 3.76. The Hall–Kier alpha value is -2.21. The van der Waals surface area contributed by atoms with E-state index in [1.54, 1.807) is 0 Å². The molecule has 63 heavy (non-hydrogen) atoms. The second-order valence-electron chi connectivity index (χ2n) is 22.6. The summed E-state index contributed by atoms with van der Waals surface area (Å²) in [6.07, 6.45) is 0. The molecule has 1 radical (unpaired) electrons. The number of hydrogen-bond donors (Lipinski definition) is 0. The maximum absolute atomic E-state index is 6.43. The zero-order chi connectivity index (χ0) is 47.0. The lowest BCUT2D eigenvalue weighted by atomic mass is 9.71. The van der Waals surface area contributed by atoms with Crippen molar-refractivity contribution in [3.05, 3.63) is 102 Å². The fraction of sp³-hybridized carbons (Fsp3) is 0.538. The van der Waals surface area contributed by atoms with E-state index in [9.17, 15) is 0 Å². The van der Waals surface area contributed by atoms with Gasteiger partial charge in [-0.05, 0) is 202 Å². The lowest BCUT2D eigenvalue weighted by molar-refractivity contribution is 0.00578. The topological polar surface area (TPSA) is 55.4 Å². The summed E-state index contributed by atoms with van der Waals surface area (Å²) < 4.78 is 38.5. The van der Waals surface area contributed by atoms with Crippen LogP contribution in [0, 0.1) is 27.7 Å². The van der Waals surface area contributed by atoms with Crippen molar-refractivity contribution < 1.29 is 27.9 Å². The molecular formula is C52H68B3Br2O6. The van der Waals surface area contributed by atoms with Gasteiger partial charge in [0.15, 0.2) is 0 Å². The van der Waals surface area contributed by atoms with E-state index in [4.69, 9.17) is 27.9 Å². The van der Waals surface area contributed by atoms with Crippen LogP contribution in [-0.4, -0.2) is 55.5 Å². The molecule has 0 N–H and O–H groups in total. The van der Waals surface area contributed by atoms with Crippen LogP contribution in [0.2, 0.25) is 0 Å². The molecule has 335 valence electrons. The molecular weight excluding hydrogens is 913 g/mol. The number of rotatable bonds is 2. The van der Waals surface area contributed by atoms with E-state index in [0.717, 1.165) is 10.9 Å². The maximum Gasteiger partial charge on any atom is 0.495 e. The Morgan fingerprint density at radius 2 is 0.619 bits per heavy atom. The second-order valence-corrected chi connectivity index (χ2v) is 24.3. The van der Waals surface area contributed by atoms with Crippen LogP contribution in [0.3, 0.4) is 0 Å². The normalized spacial score (nSPS) is 22.5. The largest absolute Gasteiger partial charge is 0.495 e. The van der Waals surface area contributed by atoms with E-state index in [-0.39, 0.29) is 58.7 Å². The van der Waals surface area contributed by atoms with E-state index >= 15 is 0 Å². The fourth-order valence-electron chi connectivity index (χ4n) is 9.06. The summed E-state index contributed by atoms with van der Waals surface area (Å²) in [6, 6.07) is 18.4. The van der Waals surface area contributed by atoms with Crippen molar-refractivity contribution in [2.24, 2.45) is 0 Å². The van der Waals surface area contributed by atoms with Crippen LogP contribution in [-0.2, 0) is 38.8 Å². The summed E-state index contributed by atoms with van der Waals surface area (Å²) in [5.41, 5.74) is 16.1. The van der Waals surface area contributed by atoms with Gasteiger partial charge in [0.25, 0.3) is 0 Å². The third-order valence-electron chi connectivity index (χ3n) is 15.8. The first-order chi connectivity index (χ1) is 28.7. The van der Waals surface area contributed by atoms with Crippen molar-refractivity contribution in [2.75, 3.05) is 0 Å². The van der Waals surface area contributed by atoms with Crippen LogP contribution in [0.4, 0.5) is 0 Å². The van der Waals surface area contributed by atoms with Gasteiger partial charge >= 0.3 is 21.9 Å². The highest BCUT2D eigenvalue weighted by atomic mass is 79.9. The Morgan fingerprint density at radius 1 is 0.365 bits per heavy atom. The Bertz CT molecular complexity index is 2300. The summed E-state index contributed by atoms with van der Waals surface area (Å²) in [7, 11) is 0.679. The Kier molecular flexibility index (Phi) is 12.1. The molecule has 0 saturated carbocycles. The van der Waals surface area contributed by atoms with Crippen molar-refractivity contribution in [3.63, 3.8) is 0 Å². The molecule has 0 unspecified atom stereocenters. The smallest absolute Gasteiger partial charge is 0.405 e. The predicted octanol–water partition coefficient (Wildman–Crippen LogP) is 12.5. The highest BCUT2D eigenvalue weighted by Crippen LogP contribution is 2.52. The molecule has 3 saturated heterocycles. The highest BCUT2D eigenvalue weighted by Gasteiger charge is 2.54. The molecule has 6 nitrogen and oxygen atoms in total. The Morgan fingerprint density at radius 3 is 0.873 bits per heavy atom. The second kappa shape index (κ2) is 15.7. The van der Waals surface area contributed by atoms with Gasteiger partial charge in [0.1, 0.15) is 0 Å². The number of fused-ring (bicyclic) bond motifs is 6. The number of benzene rings is 4. The number of hydrogen-bond acceptors (Lipinski definition) is 6. The molecule has 3 aliphatic heterocycles. The molecule has 5 aliphatic rings. The minimum Gasteiger partial charge on any atom is -0.405 e. The summed E-state index contributed by atoms with van der Waals surface area (Å²) in [6.45, 7) is 42.8. The van der Waals surface area contributed by atoms with Crippen molar-refractivity contribution in [1.82, 2.24) is 0 Å². The van der Waals surface area contributed by atoms with Crippen LogP contribution in [0.1, 0.15) is 155 Å². The van der Waals surface area contributed by atoms with Crippen LogP contribution < -0.4 is 10.9 Å². The maximum atomic E-state index is 6.43. The van der Waals surface area contributed by atoms with Crippen LogP contribution in [0.5, 0.6) is 0 Å². The molecule has 2 aliphatic carbocycles. The van der Waals surface area contributed by atoms with Crippen molar-refractivity contribution in [3.8, 4) is 22.3 Å². The fourth-order valence-corrected chi connectivity index (χ4v) is 9.75. The first-order valence-electron chi connectivity index (χ1n) is 22.5. The summed E-state index contributed by atoms with van der Waals surface area (Å²) in [5.74, 6) is 0. The number of halogens is 2. The number of aryl methyl sites for hydroxylation is 4. The zero-order valence-electron chi connectivity index (χ0n) is 41.6. The van der Waals surface area contributed by atoms with Gasteiger partial charge in [0, 0.05) is 19.8 Å². The van der Waals surface area contributed by atoms with Gasteiger partial charge in [-0.15, -0.1) is 0 Å².